The number of nitrogens with one attached hydrogen (secondary N) is 2. The summed E-state index contributed by atoms with van der Waals surface area (Å²) >= 11 is 0. The largest absolute Gasteiger partial charge is 0.463 e. The zero-order chi connectivity index (χ0) is 33.4. The van der Waals surface area contributed by atoms with E-state index in [9.17, 15) is 28.8 Å². The first-order valence-corrected chi connectivity index (χ1v) is 14.4. The Morgan fingerprint density at radius 2 is 1.20 bits per heavy atom. The number of unbranched alkanes of at least 4 members (excludes halogenated alkanes) is 1. The second kappa shape index (κ2) is 15.2. The standard InChI is InChI=1S/C26H32N10O10/c1-13-9-35(25(41)29-23(13)39)19-7-15(31-33-27)17(45-19)11-43-21(37)5-3-4-6-22(38)44-12-18-16(32-34-28)8-20(46-18)36-10-14(2)24(40)30-26(36)42/h9-10,15-20H,3-8,11-12H2,1-2H3,(H,29,39,41)(H,30,40,42). The van der Waals surface area contributed by atoms with Gasteiger partial charge >= 0.3 is 23.3 Å². The Morgan fingerprint density at radius 1 is 0.804 bits per heavy atom. The lowest BCUT2D eigenvalue weighted by atomic mass is 10.1. The van der Waals surface area contributed by atoms with Crippen molar-refractivity contribution in [2.24, 2.45) is 10.2 Å². The molecule has 2 aliphatic rings. The molecule has 2 aromatic rings. The van der Waals surface area contributed by atoms with Gasteiger partial charge in [0.15, 0.2) is 0 Å². The van der Waals surface area contributed by atoms with E-state index in [0.717, 1.165) is 0 Å². The minimum atomic E-state index is -0.841. The molecular formula is C26H32N10O10. The van der Waals surface area contributed by atoms with Crippen molar-refractivity contribution >= 4 is 11.9 Å². The zero-order valence-electron chi connectivity index (χ0n) is 24.9. The van der Waals surface area contributed by atoms with Gasteiger partial charge in [-0.25, -0.2) is 9.59 Å². The molecule has 246 valence electrons. The lowest BCUT2D eigenvalue weighted by Gasteiger charge is -2.17. The Hall–Kier alpha value is -5.16. The van der Waals surface area contributed by atoms with Crippen molar-refractivity contribution in [3.05, 3.63) is 86.1 Å². The van der Waals surface area contributed by atoms with Gasteiger partial charge in [-0.15, -0.1) is 0 Å². The van der Waals surface area contributed by atoms with Crippen LogP contribution in [0.3, 0.4) is 0 Å². The van der Waals surface area contributed by atoms with E-state index in [4.69, 9.17) is 30.0 Å². The Balaban J connectivity index is 1.19. The van der Waals surface area contributed by atoms with E-state index >= 15 is 0 Å². The van der Waals surface area contributed by atoms with Crippen molar-refractivity contribution in [3.63, 3.8) is 0 Å². The highest BCUT2D eigenvalue weighted by Gasteiger charge is 2.38. The highest BCUT2D eigenvalue weighted by Crippen LogP contribution is 2.31. The molecule has 6 atom stereocenters. The molecule has 4 rings (SSSR count). The third-order valence-electron chi connectivity index (χ3n) is 7.55. The molecule has 2 N–H and O–H groups in total. The van der Waals surface area contributed by atoms with Crippen LogP contribution >= 0.6 is 0 Å². The van der Waals surface area contributed by atoms with Crippen molar-refractivity contribution in [2.45, 2.75) is 89.1 Å². The van der Waals surface area contributed by atoms with Gasteiger partial charge in [-0.3, -0.25) is 38.3 Å². The molecule has 0 aromatic carbocycles. The molecule has 2 fully saturated rings. The number of azide groups is 2. The molecule has 4 heterocycles. The molecule has 20 nitrogen and oxygen atoms in total. The maximum atomic E-state index is 12.3. The number of ether oxygens (including phenoxy) is 4. The van der Waals surface area contributed by atoms with E-state index in [-0.39, 0.29) is 50.0 Å². The zero-order valence-corrected chi connectivity index (χ0v) is 24.9. The van der Waals surface area contributed by atoms with Gasteiger partial charge in [-0.05, 0) is 37.8 Å². The maximum absolute atomic E-state index is 12.3. The third kappa shape index (κ3) is 8.30. The molecule has 0 spiro atoms. The smallest absolute Gasteiger partial charge is 0.330 e. The number of hydrogen-bond donors (Lipinski definition) is 2. The van der Waals surface area contributed by atoms with E-state index in [1.54, 1.807) is 0 Å². The molecule has 2 saturated heterocycles. The van der Waals surface area contributed by atoms with Gasteiger partial charge in [0.25, 0.3) is 11.1 Å². The van der Waals surface area contributed by atoms with E-state index in [1.165, 1.54) is 35.4 Å². The molecule has 2 aliphatic heterocycles. The molecule has 0 bridgehead atoms. The van der Waals surface area contributed by atoms with Gasteiger partial charge in [-0.2, -0.15) is 0 Å². The monoisotopic (exact) mass is 644 g/mol. The summed E-state index contributed by atoms with van der Waals surface area (Å²) in [6.45, 7) is 2.57. The van der Waals surface area contributed by atoms with Crippen LogP contribution in [0.15, 0.2) is 41.8 Å². The third-order valence-corrected chi connectivity index (χ3v) is 7.55. The molecule has 0 saturated carbocycles. The summed E-state index contributed by atoms with van der Waals surface area (Å²) in [5, 5.41) is 7.36. The summed E-state index contributed by atoms with van der Waals surface area (Å²) in [4.78, 5) is 82.3. The van der Waals surface area contributed by atoms with Crippen LogP contribution in [0, 0.1) is 13.8 Å². The molecular weight excluding hydrogens is 612 g/mol. The van der Waals surface area contributed by atoms with Crippen molar-refractivity contribution in [3.8, 4) is 0 Å². The van der Waals surface area contributed by atoms with Crippen LogP contribution in [-0.2, 0) is 28.5 Å². The van der Waals surface area contributed by atoms with Gasteiger partial charge in [0.1, 0.15) is 37.9 Å². The first-order chi connectivity index (χ1) is 22.0. The average Bonchev–Trinajstić information content (AvgIpc) is 3.61. The fourth-order valence-corrected chi connectivity index (χ4v) is 5.08. The van der Waals surface area contributed by atoms with Crippen LogP contribution in [0.2, 0.25) is 0 Å². The Labute approximate surface area is 258 Å². The van der Waals surface area contributed by atoms with Gasteiger partial charge in [0, 0.05) is 59.0 Å². The number of hydrogen-bond acceptors (Lipinski definition) is 12. The van der Waals surface area contributed by atoms with Crippen LogP contribution in [-0.4, -0.2) is 68.5 Å². The summed E-state index contributed by atoms with van der Waals surface area (Å²) in [7, 11) is 0. The fourth-order valence-electron chi connectivity index (χ4n) is 5.08. The van der Waals surface area contributed by atoms with Crippen molar-refractivity contribution < 1.29 is 28.5 Å². The second-order valence-electron chi connectivity index (χ2n) is 10.8. The van der Waals surface area contributed by atoms with Gasteiger partial charge < -0.3 is 18.9 Å². The van der Waals surface area contributed by atoms with Crippen molar-refractivity contribution in [1.82, 2.24) is 19.1 Å². The minimum Gasteiger partial charge on any atom is -0.463 e. The normalized spacial score (nSPS) is 23.7. The van der Waals surface area contributed by atoms with Crippen LogP contribution in [0.1, 0.15) is 62.1 Å². The summed E-state index contributed by atoms with van der Waals surface area (Å²) in [6.07, 6.45) is 0.161. The Kier molecular flexibility index (Phi) is 11.2. The maximum Gasteiger partial charge on any atom is 0.330 e. The molecule has 46 heavy (non-hydrogen) atoms. The summed E-state index contributed by atoms with van der Waals surface area (Å²) in [5.41, 5.74) is 16.0. The highest BCUT2D eigenvalue weighted by atomic mass is 16.6. The number of esters is 2. The number of nitrogens with zero attached hydrogens (tertiary/aromatic N) is 8. The SMILES string of the molecule is Cc1cn(C2CC(N=[N+]=[N-])C(COC(=O)CCCCC(=O)OCC3OC(n4cc(C)c(=O)[nH]c4=O)CC3N=[N+]=[N-])O2)c(=O)[nH]c1=O. The molecule has 0 aliphatic carbocycles. The fraction of sp³-hybridized carbons (Fsp3) is 0.615. The van der Waals surface area contributed by atoms with E-state index < -0.39 is 71.2 Å². The predicted octanol–water partition coefficient (Wildman–Crippen LogP) is 1.28. The van der Waals surface area contributed by atoms with Gasteiger partial charge in [-0.1, -0.05) is 10.2 Å². The summed E-state index contributed by atoms with van der Waals surface area (Å²) in [5.74, 6) is -1.15. The summed E-state index contributed by atoms with van der Waals surface area (Å²) in [6, 6.07) is -1.45. The Morgan fingerprint density at radius 3 is 1.57 bits per heavy atom. The number of rotatable bonds is 13. The van der Waals surface area contributed by atoms with E-state index in [2.05, 4.69) is 30.0 Å². The number of carbonyl (C=O) groups is 2. The van der Waals surface area contributed by atoms with E-state index in [0.29, 0.717) is 12.8 Å². The second-order valence-corrected chi connectivity index (χ2v) is 10.8. The molecule has 0 radical (unpaired) electrons. The van der Waals surface area contributed by atoms with Crippen LogP contribution in [0.5, 0.6) is 0 Å². The highest BCUT2D eigenvalue weighted by molar-refractivity contribution is 5.70. The van der Waals surface area contributed by atoms with Crippen LogP contribution < -0.4 is 22.5 Å². The molecule has 0 amide bonds. The number of aryl methyl sites for hydroxylation is 2. The number of aromatic amines is 2. The van der Waals surface area contributed by atoms with Crippen molar-refractivity contribution in [2.75, 3.05) is 13.2 Å². The van der Waals surface area contributed by atoms with Gasteiger partial charge in [0.2, 0.25) is 0 Å². The number of carbonyl (C=O) groups excluding carboxylic acids is 2. The predicted molar refractivity (Wildman–Crippen MR) is 155 cm³/mol. The first-order valence-electron chi connectivity index (χ1n) is 14.4. The molecule has 6 unspecified atom stereocenters. The van der Waals surface area contributed by atoms with E-state index in [1.807, 2.05) is 0 Å². The average molecular weight is 645 g/mol. The van der Waals surface area contributed by atoms with Crippen LogP contribution in [0.4, 0.5) is 0 Å². The lowest BCUT2D eigenvalue weighted by Crippen LogP contribution is -2.33. The Bertz CT molecular complexity index is 1660. The van der Waals surface area contributed by atoms with Crippen molar-refractivity contribution in [1.29, 1.82) is 0 Å². The van der Waals surface area contributed by atoms with Crippen LogP contribution in [0.25, 0.3) is 20.9 Å². The number of aromatic nitrogens is 4. The lowest BCUT2D eigenvalue weighted by molar-refractivity contribution is -0.150. The number of H-pyrrole nitrogens is 2. The first kappa shape index (κ1) is 33.7. The van der Waals surface area contributed by atoms with Gasteiger partial charge in [0.05, 0.1) is 12.1 Å². The molecule has 2 aromatic heterocycles. The molecule has 20 heteroatoms. The summed E-state index contributed by atoms with van der Waals surface area (Å²) < 4.78 is 24.5. The quantitative estimate of drug-likeness (QED) is 0.104. The topological polar surface area (TPSA) is 278 Å². The minimum absolute atomic E-state index is 0.0199.